The Morgan fingerprint density at radius 1 is 0.733 bits per heavy atom. The monoisotopic (exact) mass is 416 g/mol. The average molecular weight is 417 g/mol. The zero-order valence-corrected chi connectivity index (χ0v) is 17.3. The molecule has 0 aromatic heterocycles. The molecule has 0 aliphatic carbocycles. The minimum atomic E-state index is -0.494. The van der Waals surface area contributed by atoms with Crippen LogP contribution < -0.4 is 4.90 Å². The van der Waals surface area contributed by atoms with Crippen molar-refractivity contribution in [2.75, 3.05) is 4.90 Å². The molecule has 0 radical (unpaired) electrons. The lowest BCUT2D eigenvalue weighted by atomic mass is 10.1. The molecule has 0 N–H and O–H groups in total. The molecule has 4 rings (SSSR count). The average Bonchev–Trinajstić information content (AvgIpc) is 2.98. The fourth-order valence-electron chi connectivity index (χ4n) is 3.52. The van der Waals surface area contributed by atoms with Crippen LogP contribution in [0.4, 0.5) is 5.69 Å². The van der Waals surface area contributed by atoms with Crippen LogP contribution in [0.25, 0.3) is 0 Å². The smallest absolute Gasteiger partial charge is 0.283 e. The molecule has 4 nitrogen and oxygen atoms in total. The molecule has 0 fully saturated rings. The number of hydrogen-bond acceptors (Lipinski definition) is 3. The van der Waals surface area contributed by atoms with E-state index in [4.69, 9.17) is 11.6 Å². The van der Waals surface area contributed by atoms with Gasteiger partial charge in [-0.25, -0.2) is 4.90 Å². The second-order valence-corrected chi connectivity index (χ2v) is 7.65. The Bertz CT molecular complexity index is 1050. The number of carbonyl (C=O) groups excluding carboxylic acids is 2. The topological polar surface area (TPSA) is 40.6 Å². The predicted octanol–water partition coefficient (Wildman–Crippen LogP) is 5.02. The number of rotatable bonds is 6. The van der Waals surface area contributed by atoms with Crippen molar-refractivity contribution in [1.82, 2.24) is 4.90 Å². The highest BCUT2D eigenvalue weighted by molar-refractivity contribution is 6.52. The molecular weight excluding hydrogens is 396 g/mol. The van der Waals surface area contributed by atoms with Gasteiger partial charge in [0.05, 0.1) is 5.69 Å². The molecule has 2 amide bonds. The van der Waals surface area contributed by atoms with Crippen molar-refractivity contribution in [2.24, 2.45) is 0 Å². The second kappa shape index (κ2) is 8.56. The van der Waals surface area contributed by atoms with Gasteiger partial charge in [-0.2, -0.15) is 0 Å². The summed E-state index contributed by atoms with van der Waals surface area (Å²) in [5.41, 5.74) is 3.85. The second-order valence-electron chi connectivity index (χ2n) is 7.27. The number of aryl methyl sites for hydroxylation is 1. The Labute approximate surface area is 181 Å². The lowest BCUT2D eigenvalue weighted by Gasteiger charge is -2.26. The van der Waals surface area contributed by atoms with Crippen molar-refractivity contribution in [2.45, 2.75) is 20.0 Å². The standard InChI is InChI=1S/C25H21ClN2O2/c1-18-12-14-21(15-13-18)28-24(29)22(26)23(25(28)30)27(16-19-8-4-2-5-9-19)17-20-10-6-3-7-11-20/h2-15H,16-17H2,1H3. The van der Waals surface area contributed by atoms with Gasteiger partial charge in [-0.3, -0.25) is 9.59 Å². The maximum Gasteiger partial charge on any atom is 0.283 e. The van der Waals surface area contributed by atoms with Crippen LogP contribution in [0, 0.1) is 6.92 Å². The van der Waals surface area contributed by atoms with Gasteiger partial charge in [0.1, 0.15) is 10.7 Å². The quantitative estimate of drug-likeness (QED) is 0.530. The molecule has 0 saturated heterocycles. The lowest BCUT2D eigenvalue weighted by Crippen LogP contribution is -2.35. The maximum atomic E-state index is 13.4. The Kier molecular flexibility index (Phi) is 5.68. The Hall–Kier alpha value is -3.37. The van der Waals surface area contributed by atoms with E-state index in [-0.39, 0.29) is 10.7 Å². The van der Waals surface area contributed by atoms with Crippen LogP contribution >= 0.6 is 11.6 Å². The highest BCUT2D eigenvalue weighted by Gasteiger charge is 2.41. The fourth-order valence-corrected chi connectivity index (χ4v) is 3.80. The molecule has 3 aromatic carbocycles. The molecule has 0 bridgehead atoms. The summed E-state index contributed by atoms with van der Waals surface area (Å²) in [5.74, 6) is -0.896. The van der Waals surface area contributed by atoms with E-state index in [2.05, 4.69) is 0 Å². The molecule has 5 heteroatoms. The predicted molar refractivity (Wildman–Crippen MR) is 119 cm³/mol. The maximum absolute atomic E-state index is 13.4. The molecule has 30 heavy (non-hydrogen) atoms. The van der Waals surface area contributed by atoms with Crippen molar-refractivity contribution in [3.63, 3.8) is 0 Å². The first-order chi connectivity index (χ1) is 14.5. The van der Waals surface area contributed by atoms with Crippen LogP contribution in [-0.4, -0.2) is 16.7 Å². The van der Waals surface area contributed by atoms with E-state index in [1.807, 2.05) is 84.6 Å². The number of halogens is 1. The molecule has 0 saturated carbocycles. The van der Waals surface area contributed by atoms with Crippen LogP contribution in [0.15, 0.2) is 95.7 Å². The third-order valence-electron chi connectivity index (χ3n) is 5.05. The summed E-state index contributed by atoms with van der Waals surface area (Å²) < 4.78 is 0. The summed E-state index contributed by atoms with van der Waals surface area (Å²) in [4.78, 5) is 29.3. The van der Waals surface area contributed by atoms with E-state index in [1.54, 1.807) is 12.1 Å². The number of anilines is 1. The number of carbonyl (C=O) groups is 2. The van der Waals surface area contributed by atoms with E-state index in [1.165, 1.54) is 0 Å². The minimum Gasteiger partial charge on any atom is -0.357 e. The van der Waals surface area contributed by atoms with Crippen LogP contribution in [0.1, 0.15) is 16.7 Å². The molecule has 0 spiro atoms. The zero-order chi connectivity index (χ0) is 21.1. The first-order valence-electron chi connectivity index (χ1n) is 9.72. The third-order valence-corrected chi connectivity index (χ3v) is 5.39. The number of imide groups is 1. The van der Waals surface area contributed by atoms with E-state index < -0.39 is 11.8 Å². The molecule has 150 valence electrons. The first kappa shape index (κ1) is 19.9. The molecule has 1 aliphatic heterocycles. The van der Waals surface area contributed by atoms with Gasteiger partial charge in [0.25, 0.3) is 11.8 Å². The Morgan fingerprint density at radius 2 is 1.23 bits per heavy atom. The van der Waals surface area contributed by atoms with E-state index in [0.29, 0.717) is 18.8 Å². The summed E-state index contributed by atoms with van der Waals surface area (Å²) in [5, 5.41) is -0.0487. The molecule has 3 aromatic rings. The van der Waals surface area contributed by atoms with Gasteiger partial charge in [0, 0.05) is 13.1 Å². The normalized spacial score (nSPS) is 13.9. The van der Waals surface area contributed by atoms with Crippen LogP contribution in [-0.2, 0) is 22.7 Å². The van der Waals surface area contributed by atoms with Gasteiger partial charge in [-0.15, -0.1) is 0 Å². The zero-order valence-electron chi connectivity index (χ0n) is 16.6. The Morgan fingerprint density at radius 3 is 1.73 bits per heavy atom. The van der Waals surface area contributed by atoms with Gasteiger partial charge < -0.3 is 4.90 Å². The van der Waals surface area contributed by atoms with Crippen LogP contribution in [0.3, 0.4) is 0 Å². The summed E-state index contributed by atoms with van der Waals surface area (Å²) in [6.45, 7) is 2.87. The van der Waals surface area contributed by atoms with Crippen molar-refractivity contribution < 1.29 is 9.59 Å². The largest absolute Gasteiger partial charge is 0.357 e. The summed E-state index contributed by atoms with van der Waals surface area (Å²) >= 11 is 6.45. The third kappa shape index (κ3) is 4.00. The Balaban J connectivity index is 1.70. The lowest BCUT2D eigenvalue weighted by molar-refractivity contribution is -0.121. The number of hydrogen-bond donors (Lipinski definition) is 0. The highest BCUT2D eigenvalue weighted by atomic mass is 35.5. The van der Waals surface area contributed by atoms with Crippen LogP contribution in [0.2, 0.25) is 0 Å². The van der Waals surface area contributed by atoms with Crippen molar-refractivity contribution >= 4 is 29.1 Å². The first-order valence-corrected chi connectivity index (χ1v) is 10.1. The molecular formula is C25H21ClN2O2. The molecule has 1 aliphatic rings. The SMILES string of the molecule is Cc1ccc(N2C(=O)C(Cl)=C(N(Cc3ccccc3)Cc3ccccc3)C2=O)cc1. The summed E-state index contributed by atoms with van der Waals surface area (Å²) in [6, 6.07) is 26.9. The fraction of sp³-hybridized carbons (Fsp3) is 0.120. The minimum absolute atomic E-state index is 0.0487. The van der Waals surface area contributed by atoms with Gasteiger partial charge >= 0.3 is 0 Å². The summed E-state index contributed by atoms with van der Waals surface area (Å²) in [6.07, 6.45) is 0. The van der Waals surface area contributed by atoms with Crippen molar-refractivity contribution in [3.05, 3.63) is 112 Å². The van der Waals surface area contributed by atoms with Crippen molar-refractivity contribution in [1.29, 1.82) is 0 Å². The number of benzene rings is 3. The number of amides is 2. The highest BCUT2D eigenvalue weighted by Crippen LogP contribution is 2.33. The van der Waals surface area contributed by atoms with E-state index in [0.717, 1.165) is 21.6 Å². The van der Waals surface area contributed by atoms with E-state index >= 15 is 0 Å². The summed E-state index contributed by atoms with van der Waals surface area (Å²) in [7, 11) is 0. The number of nitrogens with zero attached hydrogens (tertiary/aromatic N) is 2. The van der Waals surface area contributed by atoms with Gasteiger partial charge in [-0.05, 0) is 30.2 Å². The van der Waals surface area contributed by atoms with E-state index in [9.17, 15) is 9.59 Å². The van der Waals surface area contributed by atoms with Gasteiger partial charge in [-0.1, -0.05) is 90.0 Å². The van der Waals surface area contributed by atoms with Crippen LogP contribution in [0.5, 0.6) is 0 Å². The van der Waals surface area contributed by atoms with Crippen molar-refractivity contribution in [3.8, 4) is 0 Å². The molecule has 1 heterocycles. The van der Waals surface area contributed by atoms with Gasteiger partial charge in [0.2, 0.25) is 0 Å². The van der Waals surface area contributed by atoms with Gasteiger partial charge in [0.15, 0.2) is 0 Å². The molecule has 0 unspecified atom stereocenters. The molecule has 0 atom stereocenters.